The molecule has 1 unspecified atom stereocenters. The van der Waals surface area contributed by atoms with E-state index in [9.17, 15) is 0 Å². The number of hydrogen-bond acceptors (Lipinski definition) is 3. The van der Waals surface area contributed by atoms with Crippen molar-refractivity contribution in [2.24, 2.45) is 0 Å². The Bertz CT molecular complexity index is 463. The molecule has 2 saturated heterocycles. The first kappa shape index (κ1) is 15.0. The zero-order chi connectivity index (χ0) is 14.7. The number of aryl methyl sites for hydroxylation is 1. The number of ether oxygens (including phenoxy) is 2. The molecule has 2 aliphatic heterocycles. The maximum atomic E-state index is 6.12. The summed E-state index contributed by atoms with van der Waals surface area (Å²) < 4.78 is 11.6. The Hall–Kier alpha value is -0.900. The van der Waals surface area contributed by atoms with Gasteiger partial charge in [-0.05, 0) is 45.1 Å². The van der Waals surface area contributed by atoms with E-state index in [1.807, 2.05) is 0 Å². The van der Waals surface area contributed by atoms with Gasteiger partial charge in [-0.15, -0.1) is 0 Å². The highest BCUT2D eigenvalue weighted by Gasteiger charge is 2.39. The predicted octanol–water partition coefficient (Wildman–Crippen LogP) is 3.37. The van der Waals surface area contributed by atoms with Gasteiger partial charge in [0.2, 0.25) is 0 Å². The van der Waals surface area contributed by atoms with Gasteiger partial charge < -0.3 is 14.8 Å². The van der Waals surface area contributed by atoms with Crippen molar-refractivity contribution in [2.45, 2.75) is 57.2 Å². The second-order valence-corrected chi connectivity index (χ2v) is 6.64. The third kappa shape index (κ3) is 3.65. The van der Waals surface area contributed by atoms with E-state index in [1.54, 1.807) is 0 Å². The van der Waals surface area contributed by atoms with Crippen molar-refractivity contribution < 1.29 is 9.47 Å². The Morgan fingerprint density at radius 1 is 1.24 bits per heavy atom. The summed E-state index contributed by atoms with van der Waals surface area (Å²) in [6.07, 6.45) is 4.32. The van der Waals surface area contributed by atoms with Crippen LogP contribution in [0.1, 0.15) is 49.8 Å². The average Bonchev–Trinajstić information content (AvgIpc) is 2.48. The van der Waals surface area contributed by atoms with Crippen molar-refractivity contribution in [3.05, 3.63) is 35.4 Å². The van der Waals surface area contributed by atoms with Gasteiger partial charge in [0.05, 0.1) is 5.60 Å². The lowest BCUT2D eigenvalue weighted by Crippen LogP contribution is -2.50. The van der Waals surface area contributed by atoms with Gasteiger partial charge in [-0.1, -0.05) is 29.8 Å². The van der Waals surface area contributed by atoms with Gasteiger partial charge in [0.15, 0.2) is 0 Å². The molecule has 2 atom stereocenters. The van der Waals surface area contributed by atoms with Crippen LogP contribution in [0, 0.1) is 6.92 Å². The van der Waals surface area contributed by atoms with Crippen LogP contribution in [0.5, 0.6) is 0 Å². The largest absolute Gasteiger partial charge is 0.381 e. The summed E-state index contributed by atoms with van der Waals surface area (Å²) in [7, 11) is 0. The van der Waals surface area contributed by atoms with Gasteiger partial charge in [-0.2, -0.15) is 0 Å². The quantitative estimate of drug-likeness (QED) is 0.925. The van der Waals surface area contributed by atoms with Gasteiger partial charge in [0, 0.05) is 31.9 Å². The predicted molar refractivity (Wildman–Crippen MR) is 84.5 cm³/mol. The monoisotopic (exact) mass is 289 g/mol. The minimum atomic E-state index is 0.0699. The minimum Gasteiger partial charge on any atom is -0.381 e. The Labute approximate surface area is 128 Å². The van der Waals surface area contributed by atoms with Crippen LogP contribution < -0.4 is 5.32 Å². The fraction of sp³-hybridized carbons (Fsp3) is 0.667. The van der Waals surface area contributed by atoms with Crippen LogP contribution in [0.3, 0.4) is 0 Å². The molecule has 0 aliphatic carbocycles. The van der Waals surface area contributed by atoms with Crippen molar-refractivity contribution in [3.63, 3.8) is 0 Å². The summed E-state index contributed by atoms with van der Waals surface area (Å²) in [5.74, 6) is 0. The SMILES string of the molecule is Cc1cccc([C@H](C)NC2CCOC3(CCOCC3)C2)c1. The molecule has 1 aromatic carbocycles. The third-order valence-corrected chi connectivity index (χ3v) is 4.92. The second kappa shape index (κ2) is 6.47. The lowest BCUT2D eigenvalue weighted by Gasteiger charge is -2.44. The summed E-state index contributed by atoms with van der Waals surface area (Å²) in [5.41, 5.74) is 2.78. The molecule has 116 valence electrons. The van der Waals surface area contributed by atoms with E-state index in [4.69, 9.17) is 9.47 Å². The van der Waals surface area contributed by atoms with Crippen LogP contribution in [-0.2, 0) is 9.47 Å². The van der Waals surface area contributed by atoms with Gasteiger partial charge in [-0.3, -0.25) is 0 Å². The molecular weight excluding hydrogens is 262 g/mol. The van der Waals surface area contributed by atoms with Crippen LogP contribution in [0.25, 0.3) is 0 Å². The number of rotatable bonds is 3. The fourth-order valence-corrected chi connectivity index (χ4v) is 3.65. The van der Waals surface area contributed by atoms with Gasteiger partial charge in [0.25, 0.3) is 0 Å². The van der Waals surface area contributed by atoms with Crippen molar-refractivity contribution in [1.29, 1.82) is 0 Å². The molecule has 2 aliphatic rings. The zero-order valence-corrected chi connectivity index (χ0v) is 13.2. The molecular formula is C18H27NO2. The molecule has 0 aromatic heterocycles. The molecule has 3 nitrogen and oxygen atoms in total. The standard InChI is InChI=1S/C18H27NO2/c1-14-4-3-5-16(12-14)15(2)19-17-6-9-21-18(13-17)7-10-20-11-8-18/h3-5,12,15,17,19H,6-11,13H2,1-2H3/t15-,17?/m0/s1. The molecule has 0 amide bonds. The zero-order valence-electron chi connectivity index (χ0n) is 13.2. The third-order valence-electron chi connectivity index (χ3n) is 4.92. The van der Waals surface area contributed by atoms with Crippen LogP contribution in [0.2, 0.25) is 0 Å². The van der Waals surface area contributed by atoms with E-state index in [1.165, 1.54) is 11.1 Å². The molecule has 3 rings (SSSR count). The Balaban J connectivity index is 1.61. The second-order valence-electron chi connectivity index (χ2n) is 6.64. The summed E-state index contributed by atoms with van der Waals surface area (Å²) in [6.45, 7) is 6.99. The van der Waals surface area contributed by atoms with E-state index in [-0.39, 0.29) is 5.60 Å². The lowest BCUT2D eigenvalue weighted by atomic mass is 9.83. The Kier molecular flexibility index (Phi) is 4.63. The highest BCUT2D eigenvalue weighted by molar-refractivity contribution is 5.24. The Morgan fingerprint density at radius 3 is 2.81 bits per heavy atom. The Morgan fingerprint density at radius 2 is 2.05 bits per heavy atom. The van der Waals surface area contributed by atoms with Crippen molar-refractivity contribution in [2.75, 3.05) is 19.8 Å². The van der Waals surface area contributed by atoms with Crippen molar-refractivity contribution >= 4 is 0 Å². The van der Waals surface area contributed by atoms with E-state index >= 15 is 0 Å². The van der Waals surface area contributed by atoms with Gasteiger partial charge >= 0.3 is 0 Å². The fourth-order valence-electron chi connectivity index (χ4n) is 3.65. The van der Waals surface area contributed by atoms with Crippen LogP contribution >= 0.6 is 0 Å². The molecule has 1 spiro atoms. The minimum absolute atomic E-state index is 0.0699. The molecule has 3 heteroatoms. The first-order valence-corrected chi connectivity index (χ1v) is 8.21. The molecule has 21 heavy (non-hydrogen) atoms. The van der Waals surface area contributed by atoms with Crippen molar-refractivity contribution in [1.82, 2.24) is 5.32 Å². The lowest BCUT2D eigenvalue weighted by molar-refractivity contribution is -0.140. The smallest absolute Gasteiger partial charge is 0.0741 e. The maximum absolute atomic E-state index is 6.12. The summed E-state index contributed by atoms with van der Waals surface area (Å²) in [6, 6.07) is 9.74. The van der Waals surface area contributed by atoms with E-state index in [2.05, 4.69) is 43.4 Å². The number of nitrogens with one attached hydrogen (secondary N) is 1. The summed E-state index contributed by atoms with van der Waals surface area (Å²) in [4.78, 5) is 0. The first-order chi connectivity index (χ1) is 10.2. The summed E-state index contributed by atoms with van der Waals surface area (Å²) in [5, 5.41) is 3.81. The summed E-state index contributed by atoms with van der Waals surface area (Å²) >= 11 is 0. The molecule has 2 heterocycles. The van der Waals surface area contributed by atoms with Crippen LogP contribution in [0.4, 0.5) is 0 Å². The van der Waals surface area contributed by atoms with Crippen LogP contribution in [-0.4, -0.2) is 31.5 Å². The number of benzene rings is 1. The average molecular weight is 289 g/mol. The highest BCUT2D eigenvalue weighted by Crippen LogP contribution is 2.35. The van der Waals surface area contributed by atoms with Crippen LogP contribution in [0.15, 0.2) is 24.3 Å². The maximum Gasteiger partial charge on any atom is 0.0741 e. The van der Waals surface area contributed by atoms with E-state index in [0.717, 1.165) is 45.5 Å². The molecule has 2 fully saturated rings. The molecule has 0 radical (unpaired) electrons. The van der Waals surface area contributed by atoms with Crippen molar-refractivity contribution in [3.8, 4) is 0 Å². The molecule has 1 N–H and O–H groups in total. The molecule has 0 bridgehead atoms. The normalized spacial score (nSPS) is 26.7. The molecule has 1 aromatic rings. The first-order valence-electron chi connectivity index (χ1n) is 8.21. The van der Waals surface area contributed by atoms with E-state index < -0.39 is 0 Å². The van der Waals surface area contributed by atoms with Gasteiger partial charge in [-0.25, -0.2) is 0 Å². The van der Waals surface area contributed by atoms with Gasteiger partial charge in [0.1, 0.15) is 0 Å². The van der Waals surface area contributed by atoms with E-state index in [0.29, 0.717) is 12.1 Å². The topological polar surface area (TPSA) is 30.5 Å². The highest BCUT2D eigenvalue weighted by atomic mass is 16.5. The molecule has 0 saturated carbocycles. The number of hydrogen-bond donors (Lipinski definition) is 1.